The first kappa shape index (κ1) is 20.8. The van der Waals surface area contributed by atoms with Crippen LogP contribution < -0.4 is 0 Å². The van der Waals surface area contributed by atoms with Crippen LogP contribution in [0.3, 0.4) is 0 Å². The first-order chi connectivity index (χ1) is 14.5. The molecule has 4 rings (SSSR count). The summed E-state index contributed by atoms with van der Waals surface area (Å²) >= 11 is 1.33. The summed E-state index contributed by atoms with van der Waals surface area (Å²) in [5.41, 5.74) is 1.22. The summed E-state index contributed by atoms with van der Waals surface area (Å²) in [4.78, 5) is 42.0. The topological polar surface area (TPSA) is 60.7 Å². The van der Waals surface area contributed by atoms with Crippen molar-refractivity contribution in [3.05, 3.63) is 47.1 Å². The van der Waals surface area contributed by atoms with Crippen molar-refractivity contribution in [2.45, 2.75) is 49.9 Å². The SMILES string of the molecule is CN(C(=O)C[N+]1=C2C=CSC2C(=O)N(Cc2ccc(F)cc2)C1=O)C1CCCCC1. The van der Waals surface area contributed by atoms with Crippen LogP contribution in [0.25, 0.3) is 0 Å². The zero-order chi connectivity index (χ0) is 21.3. The number of amides is 4. The highest BCUT2D eigenvalue weighted by molar-refractivity contribution is 8.04. The molecule has 6 nitrogen and oxygen atoms in total. The fraction of sp³-hybridized carbons (Fsp3) is 0.455. The molecular formula is C22H25FN3O3S+. The zero-order valence-electron chi connectivity index (χ0n) is 16.9. The van der Waals surface area contributed by atoms with E-state index >= 15 is 0 Å². The van der Waals surface area contributed by atoms with E-state index in [1.165, 1.54) is 34.9 Å². The summed E-state index contributed by atoms with van der Waals surface area (Å²) in [7, 11) is 1.80. The van der Waals surface area contributed by atoms with Crippen molar-refractivity contribution < 1.29 is 23.3 Å². The first-order valence-corrected chi connectivity index (χ1v) is 11.2. The summed E-state index contributed by atoms with van der Waals surface area (Å²) in [6, 6.07) is 5.42. The predicted molar refractivity (Wildman–Crippen MR) is 113 cm³/mol. The lowest BCUT2D eigenvalue weighted by Gasteiger charge is -2.31. The van der Waals surface area contributed by atoms with Crippen molar-refractivity contribution in [1.29, 1.82) is 0 Å². The number of allylic oxidation sites excluding steroid dienone is 1. The number of benzene rings is 1. The minimum absolute atomic E-state index is 0.0471. The van der Waals surface area contributed by atoms with Crippen LogP contribution >= 0.6 is 11.8 Å². The molecule has 1 fully saturated rings. The molecule has 1 atom stereocenters. The minimum Gasteiger partial charge on any atom is -0.339 e. The molecule has 30 heavy (non-hydrogen) atoms. The zero-order valence-corrected chi connectivity index (χ0v) is 17.7. The predicted octanol–water partition coefficient (Wildman–Crippen LogP) is 3.16. The first-order valence-electron chi connectivity index (χ1n) is 10.3. The number of hydrogen-bond acceptors (Lipinski definition) is 4. The van der Waals surface area contributed by atoms with E-state index < -0.39 is 11.3 Å². The number of halogens is 1. The number of fused-ring (bicyclic) bond motifs is 1. The smallest absolute Gasteiger partial charge is 0.339 e. The largest absolute Gasteiger partial charge is 0.501 e. The van der Waals surface area contributed by atoms with Crippen LogP contribution in [0.5, 0.6) is 0 Å². The van der Waals surface area contributed by atoms with E-state index in [1.54, 1.807) is 35.6 Å². The van der Waals surface area contributed by atoms with E-state index in [2.05, 4.69) is 0 Å². The number of nitrogens with zero attached hydrogens (tertiary/aromatic N) is 3. The van der Waals surface area contributed by atoms with E-state index in [0.717, 1.165) is 30.6 Å². The maximum absolute atomic E-state index is 13.2. The van der Waals surface area contributed by atoms with Crippen LogP contribution in [0.2, 0.25) is 0 Å². The highest BCUT2D eigenvalue weighted by atomic mass is 32.2. The number of carbonyl (C=O) groups is 3. The highest BCUT2D eigenvalue weighted by Crippen LogP contribution is 2.29. The molecule has 8 heteroatoms. The lowest BCUT2D eigenvalue weighted by molar-refractivity contribution is -0.428. The van der Waals surface area contributed by atoms with E-state index in [0.29, 0.717) is 11.3 Å². The second kappa shape index (κ2) is 8.71. The van der Waals surface area contributed by atoms with Crippen molar-refractivity contribution in [1.82, 2.24) is 9.80 Å². The van der Waals surface area contributed by atoms with E-state index in [-0.39, 0.29) is 36.8 Å². The second-order valence-electron chi connectivity index (χ2n) is 7.96. The van der Waals surface area contributed by atoms with E-state index in [1.807, 2.05) is 0 Å². The third-order valence-electron chi connectivity index (χ3n) is 6.05. The standard InChI is InChI=1S/C22H25FN3O3S/c1-24(17-5-3-2-4-6-17)19(27)14-25-18-11-12-30-20(18)21(28)26(22(25)29)13-15-7-9-16(23)10-8-15/h7-12,17,20H,2-6,13-14H2,1H3/q+1. The summed E-state index contributed by atoms with van der Waals surface area (Å²) in [5, 5.41) is 1.26. The Morgan fingerprint density at radius 3 is 2.60 bits per heavy atom. The number of imide groups is 1. The summed E-state index contributed by atoms with van der Waals surface area (Å²) < 4.78 is 14.6. The fourth-order valence-electron chi connectivity index (χ4n) is 4.25. The number of urea groups is 1. The Morgan fingerprint density at radius 1 is 1.20 bits per heavy atom. The number of rotatable bonds is 5. The number of likely N-dealkylation sites (N-methyl/N-ethyl adjacent to an activating group) is 1. The van der Waals surface area contributed by atoms with Crippen LogP contribution in [-0.4, -0.2) is 62.8 Å². The van der Waals surface area contributed by atoms with Crippen LogP contribution in [0.4, 0.5) is 9.18 Å². The molecule has 1 aliphatic carbocycles. The van der Waals surface area contributed by atoms with Gasteiger partial charge in [-0.25, -0.2) is 9.18 Å². The molecule has 0 bridgehead atoms. The van der Waals surface area contributed by atoms with E-state index in [9.17, 15) is 18.8 Å². The van der Waals surface area contributed by atoms with Gasteiger partial charge in [0.2, 0.25) is 0 Å². The number of carbonyl (C=O) groups excluding carboxylic acids is 3. The van der Waals surface area contributed by atoms with Gasteiger partial charge in [-0.05, 0) is 42.0 Å². The van der Waals surface area contributed by atoms with Gasteiger partial charge in [0, 0.05) is 13.1 Å². The number of hydrogen-bond donors (Lipinski definition) is 0. The van der Waals surface area contributed by atoms with Gasteiger partial charge in [-0.3, -0.25) is 4.79 Å². The maximum atomic E-state index is 13.2. The summed E-state index contributed by atoms with van der Waals surface area (Å²) in [6.45, 7) is -0.0405. The summed E-state index contributed by atoms with van der Waals surface area (Å²) in [5.74, 6) is -0.805. The van der Waals surface area contributed by atoms with Crippen LogP contribution in [0.15, 0.2) is 35.7 Å². The molecule has 1 aromatic carbocycles. The van der Waals surface area contributed by atoms with E-state index in [4.69, 9.17) is 0 Å². The fourth-order valence-corrected chi connectivity index (χ4v) is 5.21. The Hall–Kier alpha value is -2.48. The third kappa shape index (κ3) is 4.05. The molecule has 3 aliphatic rings. The Balaban J connectivity index is 1.55. The van der Waals surface area contributed by atoms with Gasteiger partial charge in [0.05, 0.1) is 0 Å². The molecular weight excluding hydrogens is 405 g/mol. The van der Waals surface area contributed by atoms with Crippen molar-refractivity contribution in [2.24, 2.45) is 0 Å². The molecule has 4 amide bonds. The lowest BCUT2D eigenvalue weighted by atomic mass is 9.94. The molecule has 2 heterocycles. The molecule has 158 valence electrons. The Morgan fingerprint density at radius 2 is 1.90 bits per heavy atom. The van der Waals surface area contributed by atoms with Crippen LogP contribution in [0.1, 0.15) is 37.7 Å². The number of thioether (sulfide) groups is 1. The minimum atomic E-state index is -0.532. The Kier molecular flexibility index (Phi) is 6.04. The molecule has 0 spiro atoms. The Bertz CT molecular complexity index is 922. The molecule has 0 aromatic heterocycles. The molecule has 2 aliphatic heterocycles. The third-order valence-corrected chi connectivity index (χ3v) is 7.06. The average molecular weight is 431 g/mol. The van der Waals surface area contributed by atoms with Crippen LogP contribution in [-0.2, 0) is 16.1 Å². The van der Waals surface area contributed by atoms with Gasteiger partial charge in [-0.2, -0.15) is 14.3 Å². The van der Waals surface area contributed by atoms with Crippen LogP contribution in [0, 0.1) is 5.82 Å². The molecule has 1 aromatic rings. The molecule has 1 saturated carbocycles. The van der Waals surface area contributed by atoms with Gasteiger partial charge in [-0.1, -0.05) is 31.4 Å². The molecule has 1 unspecified atom stereocenters. The average Bonchev–Trinajstić information content (AvgIpc) is 3.25. The van der Waals surface area contributed by atoms with Crippen molar-refractivity contribution >= 4 is 35.3 Å². The molecule has 0 N–H and O–H groups in total. The van der Waals surface area contributed by atoms with Crippen molar-refractivity contribution in [3.63, 3.8) is 0 Å². The van der Waals surface area contributed by atoms with Gasteiger partial charge >= 0.3 is 11.9 Å². The van der Waals surface area contributed by atoms with Crippen molar-refractivity contribution in [2.75, 3.05) is 13.6 Å². The molecule has 0 saturated heterocycles. The quantitative estimate of drug-likeness (QED) is 0.674. The lowest BCUT2D eigenvalue weighted by Crippen LogP contribution is -2.56. The summed E-state index contributed by atoms with van der Waals surface area (Å²) in [6.07, 6.45) is 7.15. The van der Waals surface area contributed by atoms with Gasteiger partial charge in [0.25, 0.3) is 5.91 Å². The maximum Gasteiger partial charge on any atom is 0.501 e. The Labute approximate surface area is 179 Å². The second-order valence-corrected chi connectivity index (χ2v) is 8.98. The van der Waals surface area contributed by atoms with Gasteiger partial charge in [-0.15, -0.1) is 11.8 Å². The highest BCUT2D eigenvalue weighted by Gasteiger charge is 2.49. The van der Waals surface area contributed by atoms with Gasteiger partial charge < -0.3 is 4.90 Å². The monoisotopic (exact) mass is 430 g/mol. The molecule has 0 radical (unpaired) electrons. The van der Waals surface area contributed by atoms with Gasteiger partial charge in [0.15, 0.2) is 11.8 Å². The van der Waals surface area contributed by atoms with Gasteiger partial charge in [0.1, 0.15) is 18.1 Å². The normalized spacial score (nSPS) is 21.9. The van der Waals surface area contributed by atoms with Crippen molar-refractivity contribution in [3.8, 4) is 0 Å².